The van der Waals surface area contributed by atoms with Gasteiger partial charge in [0.15, 0.2) is 6.61 Å². The van der Waals surface area contributed by atoms with E-state index in [1.165, 1.54) is 0 Å². The SMILES string of the molecule is Cc1ccc(NC(=O)COC(=O)[C@H]2CC(=O)N(NC(=O)c3ccc(C(C)(C)C)cc3)C2)cc1. The van der Waals surface area contributed by atoms with Crippen molar-refractivity contribution in [3.8, 4) is 0 Å². The van der Waals surface area contributed by atoms with E-state index < -0.39 is 30.3 Å². The zero-order chi connectivity index (χ0) is 24.2. The van der Waals surface area contributed by atoms with Gasteiger partial charge in [-0.15, -0.1) is 0 Å². The van der Waals surface area contributed by atoms with Gasteiger partial charge in [-0.1, -0.05) is 50.6 Å². The fraction of sp³-hybridized carbons (Fsp3) is 0.360. The number of carbonyl (C=O) groups excluding carboxylic acids is 4. The van der Waals surface area contributed by atoms with Crippen molar-refractivity contribution in [3.05, 3.63) is 65.2 Å². The molecule has 174 valence electrons. The van der Waals surface area contributed by atoms with Crippen molar-refractivity contribution in [2.75, 3.05) is 18.5 Å². The molecule has 0 radical (unpaired) electrons. The molecule has 1 heterocycles. The van der Waals surface area contributed by atoms with Gasteiger partial charge in [0, 0.05) is 17.7 Å². The first kappa shape index (κ1) is 24.0. The van der Waals surface area contributed by atoms with Gasteiger partial charge in [-0.2, -0.15) is 0 Å². The van der Waals surface area contributed by atoms with Crippen molar-refractivity contribution in [2.45, 2.75) is 39.5 Å². The summed E-state index contributed by atoms with van der Waals surface area (Å²) in [4.78, 5) is 49.1. The number of hydrazine groups is 1. The Morgan fingerprint density at radius 2 is 1.67 bits per heavy atom. The summed E-state index contributed by atoms with van der Waals surface area (Å²) in [6.45, 7) is 7.71. The number of ether oxygens (including phenoxy) is 1. The average Bonchev–Trinajstić information content (AvgIpc) is 3.13. The normalized spacial score (nSPS) is 15.8. The number of anilines is 1. The van der Waals surface area contributed by atoms with Crippen LogP contribution in [0.15, 0.2) is 48.5 Å². The Hall–Kier alpha value is -3.68. The van der Waals surface area contributed by atoms with Crippen LogP contribution in [-0.2, 0) is 24.5 Å². The number of rotatable bonds is 6. The fourth-order valence-corrected chi connectivity index (χ4v) is 3.37. The zero-order valence-electron chi connectivity index (χ0n) is 19.3. The van der Waals surface area contributed by atoms with Crippen LogP contribution in [0.1, 0.15) is 48.7 Å². The number of aryl methyl sites for hydroxylation is 1. The highest BCUT2D eigenvalue weighted by atomic mass is 16.5. The second kappa shape index (κ2) is 9.85. The minimum absolute atomic E-state index is 0.0109. The smallest absolute Gasteiger partial charge is 0.311 e. The number of benzene rings is 2. The first-order chi connectivity index (χ1) is 15.5. The molecule has 1 atom stereocenters. The molecule has 1 fully saturated rings. The van der Waals surface area contributed by atoms with E-state index in [0.717, 1.165) is 16.1 Å². The van der Waals surface area contributed by atoms with Crippen LogP contribution < -0.4 is 10.7 Å². The quantitative estimate of drug-likeness (QED) is 0.657. The molecule has 2 aromatic carbocycles. The molecule has 3 amide bonds. The summed E-state index contributed by atoms with van der Waals surface area (Å²) < 4.78 is 5.07. The van der Waals surface area contributed by atoms with Crippen molar-refractivity contribution in [1.82, 2.24) is 10.4 Å². The molecule has 0 aliphatic carbocycles. The molecule has 0 unspecified atom stereocenters. The first-order valence-electron chi connectivity index (χ1n) is 10.8. The maximum Gasteiger partial charge on any atom is 0.311 e. The topological polar surface area (TPSA) is 105 Å². The van der Waals surface area contributed by atoms with E-state index in [4.69, 9.17) is 4.74 Å². The van der Waals surface area contributed by atoms with Gasteiger partial charge in [-0.25, -0.2) is 0 Å². The van der Waals surface area contributed by atoms with Gasteiger partial charge in [0.25, 0.3) is 11.8 Å². The highest BCUT2D eigenvalue weighted by Gasteiger charge is 2.36. The van der Waals surface area contributed by atoms with E-state index in [1.807, 2.05) is 31.2 Å². The Morgan fingerprint density at radius 1 is 1.03 bits per heavy atom. The van der Waals surface area contributed by atoms with Crippen molar-refractivity contribution < 1.29 is 23.9 Å². The summed E-state index contributed by atoms with van der Waals surface area (Å²) in [5.74, 6) is -2.71. The lowest BCUT2D eigenvalue weighted by molar-refractivity contribution is -0.151. The Balaban J connectivity index is 1.48. The first-order valence-corrected chi connectivity index (χ1v) is 10.8. The van der Waals surface area contributed by atoms with Crippen LogP contribution in [0.4, 0.5) is 5.69 Å². The van der Waals surface area contributed by atoms with E-state index in [2.05, 4.69) is 31.5 Å². The van der Waals surface area contributed by atoms with Crippen molar-refractivity contribution in [3.63, 3.8) is 0 Å². The molecule has 2 aromatic rings. The summed E-state index contributed by atoms with van der Waals surface area (Å²) in [6, 6.07) is 14.4. The number of hydrogen-bond acceptors (Lipinski definition) is 5. The van der Waals surface area contributed by atoms with Crippen LogP contribution in [-0.4, -0.2) is 41.9 Å². The third-order valence-corrected chi connectivity index (χ3v) is 5.39. The number of amides is 3. The van der Waals surface area contributed by atoms with E-state index in [9.17, 15) is 19.2 Å². The molecule has 8 heteroatoms. The molecule has 0 saturated carbocycles. The van der Waals surface area contributed by atoms with E-state index in [1.54, 1.807) is 24.3 Å². The maximum absolute atomic E-state index is 12.5. The minimum Gasteiger partial charge on any atom is -0.455 e. The highest BCUT2D eigenvalue weighted by molar-refractivity contribution is 5.97. The maximum atomic E-state index is 12.5. The van der Waals surface area contributed by atoms with Gasteiger partial charge in [0.1, 0.15) is 0 Å². The molecule has 0 aromatic heterocycles. The van der Waals surface area contributed by atoms with Gasteiger partial charge in [-0.3, -0.25) is 29.6 Å². The predicted molar refractivity (Wildman–Crippen MR) is 123 cm³/mol. The molecule has 2 N–H and O–H groups in total. The summed E-state index contributed by atoms with van der Waals surface area (Å²) in [6.07, 6.45) is -0.0956. The van der Waals surface area contributed by atoms with Gasteiger partial charge < -0.3 is 10.1 Å². The molecule has 1 aliphatic rings. The molecule has 8 nitrogen and oxygen atoms in total. The fourth-order valence-electron chi connectivity index (χ4n) is 3.37. The van der Waals surface area contributed by atoms with E-state index in [-0.39, 0.29) is 24.3 Å². The van der Waals surface area contributed by atoms with Crippen LogP contribution in [0, 0.1) is 12.8 Å². The van der Waals surface area contributed by atoms with Gasteiger partial charge in [0.2, 0.25) is 5.91 Å². The standard InChI is InChI=1S/C25H29N3O5/c1-16-5-11-20(12-6-16)26-21(29)15-33-24(32)18-13-22(30)28(14-18)27-23(31)17-7-9-19(10-8-17)25(2,3)4/h5-12,18H,13-15H2,1-4H3,(H,26,29)(H,27,31)/t18-/m0/s1. The Morgan fingerprint density at radius 3 is 2.27 bits per heavy atom. The Labute approximate surface area is 193 Å². The summed E-state index contributed by atoms with van der Waals surface area (Å²) >= 11 is 0. The van der Waals surface area contributed by atoms with Gasteiger partial charge >= 0.3 is 5.97 Å². The summed E-state index contributed by atoms with van der Waals surface area (Å²) in [5, 5.41) is 3.76. The largest absolute Gasteiger partial charge is 0.455 e. The van der Waals surface area contributed by atoms with Crippen LogP contribution >= 0.6 is 0 Å². The Kier molecular flexibility index (Phi) is 7.16. The molecule has 1 aliphatic heterocycles. The lowest BCUT2D eigenvalue weighted by Gasteiger charge is -2.20. The number of hydrogen-bond donors (Lipinski definition) is 2. The number of nitrogens with one attached hydrogen (secondary N) is 2. The molecule has 3 rings (SSSR count). The van der Waals surface area contributed by atoms with Crippen LogP contribution in [0.2, 0.25) is 0 Å². The van der Waals surface area contributed by atoms with Crippen molar-refractivity contribution >= 4 is 29.4 Å². The van der Waals surface area contributed by atoms with Crippen LogP contribution in [0.25, 0.3) is 0 Å². The van der Waals surface area contributed by atoms with Crippen LogP contribution in [0.3, 0.4) is 0 Å². The second-order valence-corrected chi connectivity index (χ2v) is 9.20. The molecular weight excluding hydrogens is 422 g/mol. The third-order valence-electron chi connectivity index (χ3n) is 5.39. The number of carbonyl (C=O) groups is 4. The Bertz CT molecular complexity index is 1040. The zero-order valence-corrected chi connectivity index (χ0v) is 19.3. The van der Waals surface area contributed by atoms with Gasteiger partial charge in [0.05, 0.1) is 12.5 Å². The highest BCUT2D eigenvalue weighted by Crippen LogP contribution is 2.22. The van der Waals surface area contributed by atoms with Crippen LogP contribution in [0.5, 0.6) is 0 Å². The minimum atomic E-state index is -0.756. The lowest BCUT2D eigenvalue weighted by atomic mass is 9.87. The summed E-state index contributed by atoms with van der Waals surface area (Å²) in [7, 11) is 0. The molecule has 1 saturated heterocycles. The third kappa shape index (κ3) is 6.41. The molecule has 33 heavy (non-hydrogen) atoms. The molecule has 0 bridgehead atoms. The van der Waals surface area contributed by atoms with Gasteiger partial charge in [-0.05, 0) is 42.2 Å². The monoisotopic (exact) mass is 451 g/mol. The average molecular weight is 452 g/mol. The number of nitrogens with zero attached hydrogens (tertiary/aromatic N) is 1. The molecular formula is C25H29N3O5. The van der Waals surface area contributed by atoms with Crippen molar-refractivity contribution in [2.24, 2.45) is 5.92 Å². The van der Waals surface area contributed by atoms with E-state index in [0.29, 0.717) is 11.3 Å². The van der Waals surface area contributed by atoms with E-state index >= 15 is 0 Å². The lowest BCUT2D eigenvalue weighted by Crippen LogP contribution is -2.43. The predicted octanol–water partition coefficient (Wildman–Crippen LogP) is 2.97. The molecule has 0 spiro atoms. The second-order valence-electron chi connectivity index (χ2n) is 9.20. The summed E-state index contributed by atoms with van der Waals surface area (Å²) in [5.41, 5.74) is 5.67. The van der Waals surface area contributed by atoms with Crippen molar-refractivity contribution in [1.29, 1.82) is 0 Å². The number of esters is 1.